The van der Waals surface area contributed by atoms with Gasteiger partial charge < -0.3 is 14.2 Å². The minimum atomic E-state index is -4.38. The summed E-state index contributed by atoms with van der Waals surface area (Å²) in [4.78, 5) is 11.9. The number of carbonyl (C=O) groups is 1. The lowest BCUT2D eigenvalue weighted by Crippen LogP contribution is -2.12. The molecule has 0 radical (unpaired) electrons. The third kappa shape index (κ3) is 7.55. The smallest absolute Gasteiger partial charge is 0.416 e. The van der Waals surface area contributed by atoms with Gasteiger partial charge in [0.25, 0.3) is 0 Å². The lowest BCUT2D eigenvalue weighted by molar-refractivity contribution is -0.143. The molecule has 0 amide bonds. The molecular weight excluding hydrogens is 429 g/mol. The predicted molar refractivity (Wildman–Crippen MR) is 106 cm³/mol. The molecule has 2 aromatic rings. The van der Waals surface area contributed by atoms with Crippen molar-refractivity contribution in [3.63, 3.8) is 0 Å². The molecule has 0 N–H and O–H groups in total. The number of halogens is 4. The van der Waals surface area contributed by atoms with E-state index >= 15 is 0 Å². The fourth-order valence-corrected chi connectivity index (χ4v) is 3.17. The molecule has 0 aliphatic carbocycles. The van der Waals surface area contributed by atoms with Gasteiger partial charge in [0.1, 0.15) is 18.1 Å². The Kier molecular flexibility index (Phi) is 8.28. The molecule has 0 atom stereocenters. The summed E-state index contributed by atoms with van der Waals surface area (Å²) >= 11 is 7.64. The Hall–Kier alpha value is -2.32. The van der Waals surface area contributed by atoms with Crippen LogP contribution >= 0.6 is 23.4 Å². The largest absolute Gasteiger partial charge is 0.489 e. The van der Waals surface area contributed by atoms with Crippen LogP contribution in [0.1, 0.15) is 5.56 Å². The number of benzene rings is 2. The molecule has 0 bridgehead atoms. The number of ether oxygens (including phenoxy) is 3. The third-order valence-electron chi connectivity index (χ3n) is 3.54. The van der Waals surface area contributed by atoms with Crippen molar-refractivity contribution >= 4 is 29.3 Å². The van der Waals surface area contributed by atoms with E-state index in [1.54, 1.807) is 18.2 Å². The maximum absolute atomic E-state index is 12.6. The van der Waals surface area contributed by atoms with Crippen LogP contribution in [-0.4, -0.2) is 32.0 Å². The van der Waals surface area contributed by atoms with Crippen LogP contribution in [-0.2, 0) is 15.7 Å². The van der Waals surface area contributed by atoms with Crippen molar-refractivity contribution in [3.05, 3.63) is 65.2 Å². The predicted octanol–water partition coefficient (Wildman–Crippen LogP) is 5.64. The second kappa shape index (κ2) is 10.5. The molecule has 4 nitrogen and oxygen atoms in total. The average molecular weight is 447 g/mol. The van der Waals surface area contributed by atoms with Crippen molar-refractivity contribution in [1.29, 1.82) is 0 Å². The molecule has 0 fully saturated rings. The zero-order valence-corrected chi connectivity index (χ0v) is 17.0. The van der Waals surface area contributed by atoms with Crippen molar-refractivity contribution in [1.82, 2.24) is 0 Å². The van der Waals surface area contributed by atoms with E-state index in [2.05, 4.69) is 11.3 Å². The van der Waals surface area contributed by atoms with E-state index in [0.29, 0.717) is 22.3 Å². The Morgan fingerprint density at radius 3 is 2.28 bits per heavy atom. The molecule has 0 saturated heterocycles. The highest BCUT2D eigenvalue weighted by atomic mass is 35.5. The van der Waals surface area contributed by atoms with Gasteiger partial charge in [0, 0.05) is 10.6 Å². The molecule has 156 valence electrons. The topological polar surface area (TPSA) is 44.8 Å². The summed E-state index contributed by atoms with van der Waals surface area (Å²) in [5, 5.41) is 0.453. The van der Waals surface area contributed by atoms with Crippen molar-refractivity contribution in [2.75, 3.05) is 26.1 Å². The molecule has 0 aliphatic rings. The van der Waals surface area contributed by atoms with Gasteiger partial charge in [-0.3, -0.25) is 0 Å². The van der Waals surface area contributed by atoms with E-state index in [9.17, 15) is 18.0 Å². The zero-order valence-electron chi connectivity index (χ0n) is 15.4. The SMILES string of the molecule is C=C(COc1ccc(C(F)(F)F)cc1)CSc1ccc(OCC(=O)OC)cc1Cl. The molecule has 2 rings (SSSR count). The van der Waals surface area contributed by atoms with Gasteiger partial charge >= 0.3 is 12.1 Å². The van der Waals surface area contributed by atoms with Crippen molar-refractivity contribution in [3.8, 4) is 11.5 Å². The van der Waals surface area contributed by atoms with E-state index in [0.717, 1.165) is 22.6 Å². The number of thioether (sulfide) groups is 1. The number of esters is 1. The number of alkyl halides is 3. The highest BCUT2D eigenvalue weighted by molar-refractivity contribution is 7.99. The van der Waals surface area contributed by atoms with E-state index in [-0.39, 0.29) is 13.2 Å². The summed E-state index contributed by atoms with van der Waals surface area (Å²) in [5.41, 5.74) is 0.00451. The average Bonchev–Trinajstić information content (AvgIpc) is 2.69. The van der Waals surface area contributed by atoms with E-state index in [1.165, 1.54) is 31.0 Å². The lowest BCUT2D eigenvalue weighted by atomic mass is 10.2. The van der Waals surface area contributed by atoms with Gasteiger partial charge in [-0.05, 0) is 48.0 Å². The first kappa shape index (κ1) is 23.0. The van der Waals surface area contributed by atoms with Crippen LogP contribution in [0, 0.1) is 0 Å². The van der Waals surface area contributed by atoms with Gasteiger partial charge in [-0.15, -0.1) is 11.8 Å². The molecule has 2 aromatic carbocycles. The molecular formula is C20H18ClF3O4S. The molecule has 9 heteroatoms. The minimum Gasteiger partial charge on any atom is -0.489 e. The van der Waals surface area contributed by atoms with E-state index in [1.807, 2.05) is 0 Å². The van der Waals surface area contributed by atoms with Crippen molar-refractivity contribution < 1.29 is 32.2 Å². The molecule has 0 heterocycles. The van der Waals surface area contributed by atoms with Crippen molar-refractivity contribution in [2.45, 2.75) is 11.1 Å². The van der Waals surface area contributed by atoms with E-state index < -0.39 is 17.7 Å². The fraction of sp³-hybridized carbons (Fsp3) is 0.250. The maximum Gasteiger partial charge on any atom is 0.416 e. The maximum atomic E-state index is 12.6. The first-order valence-electron chi connectivity index (χ1n) is 8.27. The summed E-state index contributed by atoms with van der Waals surface area (Å²) in [6.45, 7) is 3.85. The number of rotatable bonds is 9. The van der Waals surface area contributed by atoms with Gasteiger partial charge in [-0.2, -0.15) is 13.2 Å². The van der Waals surface area contributed by atoms with Gasteiger partial charge in [0.2, 0.25) is 0 Å². The molecule has 0 aliphatic heterocycles. The van der Waals surface area contributed by atoms with Gasteiger partial charge in [0.05, 0.1) is 17.7 Å². The second-order valence-corrected chi connectivity index (χ2v) is 7.23. The quantitative estimate of drug-likeness (QED) is 0.283. The molecule has 0 spiro atoms. The number of hydrogen-bond acceptors (Lipinski definition) is 5. The molecule has 0 unspecified atom stereocenters. The summed E-state index contributed by atoms with van der Waals surface area (Å²) < 4.78 is 52.9. The first-order chi connectivity index (χ1) is 13.7. The Morgan fingerprint density at radius 2 is 1.69 bits per heavy atom. The summed E-state index contributed by atoms with van der Waals surface area (Å²) in [6, 6.07) is 9.50. The molecule has 29 heavy (non-hydrogen) atoms. The Labute approximate surface area is 175 Å². The van der Waals surface area contributed by atoms with Gasteiger partial charge in [-0.25, -0.2) is 4.79 Å². The van der Waals surface area contributed by atoms with Gasteiger partial charge in [-0.1, -0.05) is 18.2 Å². The fourth-order valence-electron chi connectivity index (χ4n) is 2.04. The zero-order chi connectivity index (χ0) is 21.4. The number of carbonyl (C=O) groups excluding carboxylic acids is 1. The summed E-state index contributed by atoms with van der Waals surface area (Å²) in [7, 11) is 1.27. The Morgan fingerprint density at radius 1 is 1.07 bits per heavy atom. The second-order valence-electron chi connectivity index (χ2n) is 5.81. The molecule has 0 aromatic heterocycles. The van der Waals surface area contributed by atoms with E-state index in [4.69, 9.17) is 21.1 Å². The standard InChI is InChI=1S/C20H18ClF3O4S/c1-13(10-27-15-5-3-14(4-6-15)20(22,23)24)12-29-18-8-7-16(9-17(18)21)28-11-19(25)26-2/h3-9H,1,10-12H2,2H3. The summed E-state index contributed by atoms with van der Waals surface area (Å²) in [5.74, 6) is 0.773. The van der Waals surface area contributed by atoms with Crippen LogP contribution in [0.3, 0.4) is 0 Å². The Balaban J connectivity index is 1.80. The van der Waals surface area contributed by atoms with Crippen LogP contribution in [0.25, 0.3) is 0 Å². The lowest BCUT2D eigenvalue weighted by Gasteiger charge is -2.11. The number of hydrogen-bond donors (Lipinski definition) is 0. The van der Waals surface area contributed by atoms with Crippen LogP contribution in [0.15, 0.2) is 59.5 Å². The van der Waals surface area contributed by atoms with Crippen LogP contribution in [0.2, 0.25) is 5.02 Å². The van der Waals surface area contributed by atoms with Gasteiger partial charge in [0.15, 0.2) is 6.61 Å². The summed E-state index contributed by atoms with van der Waals surface area (Å²) in [6.07, 6.45) is -4.38. The Bertz CT molecular complexity index is 854. The van der Waals surface area contributed by atoms with Crippen LogP contribution in [0.4, 0.5) is 13.2 Å². The highest BCUT2D eigenvalue weighted by Crippen LogP contribution is 2.32. The monoisotopic (exact) mass is 446 g/mol. The third-order valence-corrected chi connectivity index (χ3v) is 5.19. The minimum absolute atomic E-state index is 0.163. The first-order valence-corrected chi connectivity index (χ1v) is 9.64. The van der Waals surface area contributed by atoms with Crippen molar-refractivity contribution in [2.24, 2.45) is 0 Å². The normalized spacial score (nSPS) is 11.1. The van der Waals surface area contributed by atoms with Crippen LogP contribution in [0.5, 0.6) is 11.5 Å². The molecule has 0 saturated carbocycles. The number of methoxy groups -OCH3 is 1. The highest BCUT2D eigenvalue weighted by Gasteiger charge is 2.30. The van der Waals surface area contributed by atoms with Crippen LogP contribution < -0.4 is 9.47 Å².